The van der Waals surface area contributed by atoms with Crippen LogP contribution >= 0.6 is 0 Å². The largest absolute Gasteiger partial charge is 0.573 e. The number of halogens is 3. The molecule has 2 heterocycles. The molecule has 1 aromatic rings. The molecular weight excluding hydrogens is 411 g/mol. The molecule has 0 aliphatic carbocycles. The molecule has 2 aliphatic heterocycles. The van der Waals surface area contributed by atoms with Gasteiger partial charge in [-0.05, 0) is 44.0 Å². The topological polar surface area (TPSA) is 70.2 Å². The number of amides is 1. The van der Waals surface area contributed by atoms with E-state index in [1.807, 2.05) is 16.7 Å². The number of piperazine rings is 1. The van der Waals surface area contributed by atoms with Crippen LogP contribution in [-0.2, 0) is 14.8 Å². The summed E-state index contributed by atoms with van der Waals surface area (Å²) >= 11 is 0. The van der Waals surface area contributed by atoms with Crippen LogP contribution in [-0.4, -0.2) is 80.1 Å². The minimum absolute atomic E-state index is 0.0686. The molecule has 0 bridgehead atoms. The maximum atomic E-state index is 12.8. The van der Waals surface area contributed by atoms with E-state index in [2.05, 4.69) is 4.74 Å². The molecule has 162 valence electrons. The molecule has 2 aliphatic rings. The van der Waals surface area contributed by atoms with E-state index in [0.29, 0.717) is 13.1 Å². The number of rotatable bonds is 5. The summed E-state index contributed by atoms with van der Waals surface area (Å²) in [6.07, 6.45) is -2.81. The predicted octanol–water partition coefficient (Wildman–Crippen LogP) is 1.90. The third-order valence-corrected chi connectivity index (χ3v) is 7.20. The normalized spacial score (nSPS) is 20.6. The number of likely N-dealkylation sites (tertiary alicyclic amines) is 1. The molecule has 11 heteroatoms. The van der Waals surface area contributed by atoms with Crippen LogP contribution in [0.4, 0.5) is 13.2 Å². The number of alkyl halides is 3. The Morgan fingerprint density at radius 2 is 1.55 bits per heavy atom. The zero-order chi connectivity index (χ0) is 21.2. The van der Waals surface area contributed by atoms with Gasteiger partial charge in [0, 0.05) is 39.3 Å². The second kappa shape index (κ2) is 8.49. The van der Waals surface area contributed by atoms with Crippen molar-refractivity contribution < 1.29 is 31.1 Å². The minimum Gasteiger partial charge on any atom is -0.406 e. The van der Waals surface area contributed by atoms with Crippen molar-refractivity contribution in [2.75, 3.05) is 39.3 Å². The van der Waals surface area contributed by atoms with Crippen molar-refractivity contribution in [2.45, 2.75) is 37.1 Å². The second-order valence-electron chi connectivity index (χ2n) is 7.17. The molecule has 0 N–H and O–H groups in total. The van der Waals surface area contributed by atoms with E-state index in [-0.39, 0.29) is 29.9 Å². The highest BCUT2D eigenvalue weighted by Gasteiger charge is 2.34. The minimum atomic E-state index is -4.83. The Labute approximate surface area is 168 Å². The average molecular weight is 435 g/mol. The third kappa shape index (κ3) is 5.20. The summed E-state index contributed by atoms with van der Waals surface area (Å²) in [5.74, 6) is -0.408. The van der Waals surface area contributed by atoms with Crippen LogP contribution in [0.5, 0.6) is 5.75 Å². The van der Waals surface area contributed by atoms with Gasteiger partial charge in [0.25, 0.3) is 0 Å². The van der Waals surface area contributed by atoms with Crippen molar-refractivity contribution in [1.82, 2.24) is 14.1 Å². The lowest BCUT2D eigenvalue weighted by Gasteiger charge is -2.37. The van der Waals surface area contributed by atoms with Gasteiger partial charge in [-0.2, -0.15) is 4.31 Å². The van der Waals surface area contributed by atoms with Gasteiger partial charge >= 0.3 is 6.36 Å². The van der Waals surface area contributed by atoms with Gasteiger partial charge < -0.3 is 9.64 Å². The number of benzene rings is 1. The summed E-state index contributed by atoms with van der Waals surface area (Å²) in [6, 6.07) is 3.85. The van der Waals surface area contributed by atoms with Crippen molar-refractivity contribution in [3.8, 4) is 5.75 Å². The standard InChI is InChI=1S/C18H24F3N3O4S/c1-14(17(25)23-8-2-3-9-23)22-10-12-24(13-11-22)29(26,27)16-6-4-15(5-7-16)28-18(19,20)21/h4-7,14H,2-3,8-13H2,1H3/t14-/m0/s1. The molecule has 0 radical (unpaired) electrons. The zero-order valence-electron chi connectivity index (χ0n) is 16.1. The highest BCUT2D eigenvalue weighted by molar-refractivity contribution is 7.89. The smallest absolute Gasteiger partial charge is 0.406 e. The van der Waals surface area contributed by atoms with Crippen molar-refractivity contribution in [1.29, 1.82) is 0 Å². The van der Waals surface area contributed by atoms with Crippen molar-refractivity contribution in [2.24, 2.45) is 0 Å². The lowest BCUT2D eigenvalue weighted by Crippen LogP contribution is -2.55. The van der Waals surface area contributed by atoms with Gasteiger partial charge in [-0.1, -0.05) is 0 Å². The van der Waals surface area contributed by atoms with Gasteiger partial charge in [0.15, 0.2) is 0 Å². The number of hydrogen-bond donors (Lipinski definition) is 0. The van der Waals surface area contributed by atoms with E-state index in [4.69, 9.17) is 0 Å². The van der Waals surface area contributed by atoms with Crippen molar-refractivity contribution in [3.63, 3.8) is 0 Å². The predicted molar refractivity (Wildman–Crippen MR) is 98.7 cm³/mol. The van der Waals surface area contributed by atoms with Crippen LogP contribution in [0.25, 0.3) is 0 Å². The Kier molecular flexibility index (Phi) is 6.39. The molecule has 0 aromatic heterocycles. The quantitative estimate of drug-likeness (QED) is 0.707. The van der Waals surface area contributed by atoms with Crippen LogP contribution in [0.2, 0.25) is 0 Å². The summed E-state index contributed by atoms with van der Waals surface area (Å²) in [5.41, 5.74) is 0. The van der Waals surface area contributed by atoms with E-state index >= 15 is 0 Å². The number of hydrogen-bond acceptors (Lipinski definition) is 5. The molecule has 2 fully saturated rings. The summed E-state index contributed by atoms with van der Waals surface area (Å²) in [4.78, 5) is 16.3. The maximum Gasteiger partial charge on any atom is 0.573 e. The maximum absolute atomic E-state index is 12.8. The van der Waals surface area contributed by atoms with E-state index in [1.165, 1.54) is 4.31 Å². The first-order valence-corrected chi connectivity index (χ1v) is 10.9. The molecule has 29 heavy (non-hydrogen) atoms. The first kappa shape index (κ1) is 21.8. The lowest BCUT2D eigenvalue weighted by molar-refractivity contribution is -0.274. The fraction of sp³-hybridized carbons (Fsp3) is 0.611. The number of carbonyl (C=O) groups is 1. The number of carbonyl (C=O) groups excluding carboxylic acids is 1. The molecule has 1 amide bonds. The first-order chi connectivity index (χ1) is 13.6. The first-order valence-electron chi connectivity index (χ1n) is 9.47. The summed E-state index contributed by atoms with van der Waals surface area (Å²) in [5, 5.41) is 0. The van der Waals surface area contributed by atoms with Crippen LogP contribution in [0.1, 0.15) is 19.8 Å². The number of nitrogens with zero attached hydrogens (tertiary/aromatic N) is 3. The third-order valence-electron chi connectivity index (χ3n) is 5.29. The van der Waals surface area contributed by atoms with Crippen molar-refractivity contribution in [3.05, 3.63) is 24.3 Å². The molecule has 2 saturated heterocycles. The summed E-state index contributed by atoms with van der Waals surface area (Å²) in [7, 11) is -3.83. The highest BCUT2D eigenvalue weighted by atomic mass is 32.2. The molecule has 0 spiro atoms. The monoisotopic (exact) mass is 435 g/mol. The average Bonchev–Trinajstić information content (AvgIpc) is 3.21. The van der Waals surface area contributed by atoms with Crippen LogP contribution in [0.3, 0.4) is 0 Å². The van der Waals surface area contributed by atoms with Gasteiger partial charge in [-0.25, -0.2) is 8.42 Å². The summed E-state index contributed by atoms with van der Waals surface area (Å²) < 4.78 is 67.3. The van der Waals surface area contributed by atoms with Crippen LogP contribution in [0.15, 0.2) is 29.2 Å². The molecule has 1 aromatic carbocycles. The highest BCUT2D eigenvalue weighted by Crippen LogP contribution is 2.25. The van der Waals surface area contributed by atoms with Crippen LogP contribution in [0, 0.1) is 0 Å². The van der Waals surface area contributed by atoms with E-state index < -0.39 is 22.1 Å². The molecule has 0 saturated carbocycles. The van der Waals surface area contributed by atoms with Crippen LogP contribution < -0.4 is 4.74 Å². The van der Waals surface area contributed by atoms with E-state index in [1.54, 1.807) is 0 Å². The summed E-state index contributed by atoms with van der Waals surface area (Å²) in [6.45, 7) is 4.62. The number of ether oxygens (including phenoxy) is 1. The Balaban J connectivity index is 1.60. The SMILES string of the molecule is C[C@@H](C(=O)N1CCCC1)N1CCN(S(=O)(=O)c2ccc(OC(F)(F)F)cc2)CC1. The Bertz CT molecular complexity index is 816. The van der Waals surface area contributed by atoms with E-state index in [9.17, 15) is 26.4 Å². The Morgan fingerprint density at radius 1 is 1.00 bits per heavy atom. The van der Waals surface area contributed by atoms with Gasteiger partial charge in [0.1, 0.15) is 5.75 Å². The molecule has 7 nitrogen and oxygen atoms in total. The molecule has 1 atom stereocenters. The van der Waals surface area contributed by atoms with Gasteiger partial charge in [0.05, 0.1) is 10.9 Å². The van der Waals surface area contributed by atoms with Crippen molar-refractivity contribution >= 4 is 15.9 Å². The Hall–Kier alpha value is -1.85. The Morgan fingerprint density at radius 3 is 2.07 bits per heavy atom. The fourth-order valence-electron chi connectivity index (χ4n) is 3.65. The zero-order valence-corrected chi connectivity index (χ0v) is 16.9. The van der Waals surface area contributed by atoms with Gasteiger partial charge in [0.2, 0.25) is 15.9 Å². The van der Waals surface area contributed by atoms with Gasteiger partial charge in [-0.15, -0.1) is 13.2 Å². The van der Waals surface area contributed by atoms with E-state index in [0.717, 1.165) is 50.2 Å². The molecular formula is C18H24F3N3O4S. The lowest BCUT2D eigenvalue weighted by atomic mass is 10.2. The fourth-order valence-corrected chi connectivity index (χ4v) is 5.07. The molecule has 3 rings (SSSR count). The molecule has 0 unspecified atom stereocenters. The van der Waals surface area contributed by atoms with Gasteiger partial charge in [-0.3, -0.25) is 9.69 Å². The number of sulfonamides is 1. The second-order valence-corrected chi connectivity index (χ2v) is 9.11.